The van der Waals surface area contributed by atoms with Gasteiger partial charge in [0.2, 0.25) is 5.91 Å². The molecule has 1 aliphatic carbocycles. The maximum absolute atomic E-state index is 12.1. The number of carbonyl (C=O) groups is 1. The Hall–Kier alpha value is -2.19. The Morgan fingerprint density at radius 1 is 1.36 bits per heavy atom. The highest BCUT2D eigenvalue weighted by molar-refractivity contribution is 7.71. The largest absolute Gasteiger partial charge is 0.497 e. The van der Waals surface area contributed by atoms with Crippen LogP contribution in [-0.2, 0) is 18.0 Å². The molecule has 7 nitrogen and oxygen atoms in total. The molecule has 1 aromatic heterocycles. The number of likely N-dealkylation sites (N-methyl/N-ethyl adjacent to an activating group) is 1. The molecule has 1 saturated carbocycles. The number of benzene rings is 1. The fraction of sp³-hybridized carbons (Fsp3) is 0.550. The molecule has 28 heavy (non-hydrogen) atoms. The third-order valence-corrected chi connectivity index (χ3v) is 4.98. The number of ether oxygens (including phenoxy) is 1. The Bertz CT molecular complexity index is 868. The lowest BCUT2D eigenvalue weighted by Gasteiger charge is -2.16. The molecule has 1 fully saturated rings. The van der Waals surface area contributed by atoms with Crippen LogP contribution in [-0.4, -0.2) is 51.9 Å². The summed E-state index contributed by atoms with van der Waals surface area (Å²) in [6.45, 7) is 5.89. The van der Waals surface area contributed by atoms with E-state index in [0.717, 1.165) is 36.5 Å². The highest BCUT2D eigenvalue weighted by Crippen LogP contribution is 2.23. The molecule has 152 valence electrons. The molecule has 0 bridgehead atoms. The van der Waals surface area contributed by atoms with Crippen LogP contribution in [0.15, 0.2) is 24.3 Å². The zero-order valence-corrected chi connectivity index (χ0v) is 17.8. The van der Waals surface area contributed by atoms with E-state index in [9.17, 15) is 4.79 Å². The highest BCUT2D eigenvalue weighted by atomic mass is 32.1. The summed E-state index contributed by atoms with van der Waals surface area (Å²) in [5.74, 6) is 2.12. The molecule has 2 aromatic rings. The van der Waals surface area contributed by atoms with Gasteiger partial charge in [-0.05, 0) is 62.3 Å². The Morgan fingerprint density at radius 2 is 2.04 bits per heavy atom. The first-order chi connectivity index (χ1) is 13.4. The van der Waals surface area contributed by atoms with E-state index in [1.807, 2.05) is 36.2 Å². The van der Waals surface area contributed by atoms with Crippen LogP contribution in [0.5, 0.6) is 5.75 Å². The topological polar surface area (TPSA) is 64.3 Å². The molecule has 0 aliphatic heterocycles. The molecule has 1 aromatic carbocycles. The molecule has 0 atom stereocenters. The van der Waals surface area contributed by atoms with E-state index >= 15 is 0 Å². The molecule has 1 aliphatic rings. The third kappa shape index (κ3) is 5.20. The van der Waals surface area contributed by atoms with Crippen molar-refractivity contribution in [3.63, 3.8) is 0 Å². The number of carbonyl (C=O) groups excluding carboxylic acids is 1. The Labute approximate surface area is 171 Å². The van der Waals surface area contributed by atoms with E-state index in [-0.39, 0.29) is 5.91 Å². The van der Waals surface area contributed by atoms with Gasteiger partial charge in [0.05, 0.1) is 20.3 Å². The van der Waals surface area contributed by atoms with Crippen molar-refractivity contribution in [1.29, 1.82) is 0 Å². The summed E-state index contributed by atoms with van der Waals surface area (Å²) in [6, 6.07) is 8.19. The lowest BCUT2D eigenvalue weighted by Crippen LogP contribution is -2.37. The summed E-state index contributed by atoms with van der Waals surface area (Å²) in [7, 11) is 3.56. The molecule has 3 rings (SSSR count). The quantitative estimate of drug-likeness (QED) is 0.652. The molecule has 1 amide bonds. The number of hydrogen-bond acceptors (Lipinski definition) is 5. The van der Waals surface area contributed by atoms with Crippen LogP contribution in [0.3, 0.4) is 0 Å². The van der Waals surface area contributed by atoms with Gasteiger partial charge in [-0.3, -0.25) is 14.3 Å². The van der Waals surface area contributed by atoms with E-state index in [1.165, 1.54) is 0 Å². The van der Waals surface area contributed by atoms with E-state index in [4.69, 9.17) is 22.1 Å². The summed E-state index contributed by atoms with van der Waals surface area (Å²) < 4.78 is 9.78. The molecule has 0 spiro atoms. The number of hydrogen-bond donors (Lipinski definition) is 1. The molecule has 8 heteroatoms. The first-order valence-electron chi connectivity index (χ1n) is 9.67. The van der Waals surface area contributed by atoms with Crippen molar-refractivity contribution in [3.8, 4) is 17.1 Å². The van der Waals surface area contributed by atoms with Crippen LogP contribution in [0.25, 0.3) is 11.4 Å². The van der Waals surface area contributed by atoms with Crippen LogP contribution in [0, 0.1) is 10.7 Å². The highest BCUT2D eigenvalue weighted by Gasteiger charge is 2.23. The number of nitrogens with one attached hydrogen (secondary N) is 1. The van der Waals surface area contributed by atoms with Crippen LogP contribution in [0.2, 0.25) is 0 Å². The minimum absolute atomic E-state index is 0.0495. The molecule has 0 saturated heterocycles. The fourth-order valence-corrected chi connectivity index (χ4v) is 3.30. The number of aromatic nitrogens is 3. The van der Waals surface area contributed by atoms with Crippen molar-refractivity contribution in [3.05, 3.63) is 29.0 Å². The zero-order valence-electron chi connectivity index (χ0n) is 17.0. The summed E-state index contributed by atoms with van der Waals surface area (Å²) in [5.41, 5.74) is 0.987. The average Bonchev–Trinajstić information content (AvgIpc) is 3.41. The Balaban J connectivity index is 1.81. The summed E-state index contributed by atoms with van der Waals surface area (Å²) >= 11 is 5.70. The van der Waals surface area contributed by atoms with Gasteiger partial charge in [-0.2, -0.15) is 5.10 Å². The third-order valence-electron chi connectivity index (χ3n) is 4.55. The number of amides is 1. The van der Waals surface area contributed by atoms with Gasteiger partial charge < -0.3 is 10.1 Å². The number of methoxy groups -OCH3 is 1. The predicted octanol–water partition coefficient (Wildman–Crippen LogP) is 2.91. The smallest absolute Gasteiger partial charge is 0.234 e. The second-order valence-electron chi connectivity index (χ2n) is 7.84. The van der Waals surface area contributed by atoms with Crippen LogP contribution in [0.1, 0.15) is 26.7 Å². The second kappa shape index (κ2) is 8.87. The van der Waals surface area contributed by atoms with Gasteiger partial charge in [0.15, 0.2) is 10.6 Å². The molecule has 0 radical (unpaired) electrons. The van der Waals surface area contributed by atoms with Gasteiger partial charge in [-0.25, -0.2) is 4.68 Å². The minimum atomic E-state index is 0.0495. The van der Waals surface area contributed by atoms with Crippen molar-refractivity contribution in [2.24, 2.45) is 5.92 Å². The summed E-state index contributed by atoms with van der Waals surface area (Å²) in [5, 5.41) is 7.78. The van der Waals surface area contributed by atoms with Crippen molar-refractivity contribution in [2.75, 3.05) is 20.7 Å². The van der Waals surface area contributed by atoms with E-state index in [1.54, 1.807) is 11.8 Å². The monoisotopic (exact) mass is 403 g/mol. The first-order valence-corrected chi connectivity index (χ1v) is 10.1. The van der Waals surface area contributed by atoms with Crippen molar-refractivity contribution in [1.82, 2.24) is 24.6 Å². The maximum Gasteiger partial charge on any atom is 0.234 e. The zero-order chi connectivity index (χ0) is 20.3. The molecular formula is C20H29N5O2S. The Morgan fingerprint density at radius 3 is 2.61 bits per heavy atom. The number of rotatable bonds is 9. The molecule has 1 N–H and O–H groups in total. The average molecular weight is 404 g/mol. The van der Waals surface area contributed by atoms with Gasteiger partial charge >= 0.3 is 0 Å². The van der Waals surface area contributed by atoms with Gasteiger partial charge in [-0.15, -0.1) is 0 Å². The van der Waals surface area contributed by atoms with Gasteiger partial charge in [0.1, 0.15) is 5.75 Å². The summed E-state index contributed by atoms with van der Waals surface area (Å²) in [6.07, 6.45) is 2.18. The van der Waals surface area contributed by atoms with Gasteiger partial charge in [0, 0.05) is 18.2 Å². The van der Waals surface area contributed by atoms with Crippen LogP contribution >= 0.6 is 12.2 Å². The Kier molecular flexibility index (Phi) is 6.51. The van der Waals surface area contributed by atoms with Crippen molar-refractivity contribution >= 4 is 18.1 Å². The number of nitrogens with zero attached hydrogens (tertiary/aromatic N) is 4. The standard InChI is InChI=1S/C20H29N5O2S/c1-14(2)11-24-19(15-5-9-17(27-4)10-6-15)22-25(20(24)28)13-23(3)12-18(26)21-16-7-8-16/h5-6,9-10,14,16H,7-8,11-13H2,1-4H3,(H,21,26). The lowest BCUT2D eigenvalue weighted by molar-refractivity contribution is -0.122. The lowest BCUT2D eigenvalue weighted by atomic mass is 10.2. The normalized spacial score (nSPS) is 13.9. The van der Waals surface area contributed by atoms with Gasteiger partial charge in [0.25, 0.3) is 0 Å². The van der Waals surface area contributed by atoms with Crippen LogP contribution in [0.4, 0.5) is 0 Å². The molecular weight excluding hydrogens is 374 g/mol. The summed E-state index contributed by atoms with van der Waals surface area (Å²) in [4.78, 5) is 14.0. The van der Waals surface area contributed by atoms with E-state index < -0.39 is 0 Å². The van der Waals surface area contributed by atoms with Crippen molar-refractivity contribution in [2.45, 2.75) is 45.9 Å². The van der Waals surface area contributed by atoms with E-state index in [0.29, 0.717) is 29.9 Å². The fourth-order valence-electron chi connectivity index (χ4n) is 3.04. The molecule has 0 unspecified atom stereocenters. The predicted molar refractivity (Wildman–Crippen MR) is 112 cm³/mol. The second-order valence-corrected chi connectivity index (χ2v) is 8.20. The SMILES string of the molecule is COc1ccc(-c2nn(CN(C)CC(=O)NC3CC3)c(=S)n2CC(C)C)cc1. The minimum Gasteiger partial charge on any atom is -0.497 e. The van der Waals surface area contributed by atoms with Gasteiger partial charge in [-0.1, -0.05) is 13.8 Å². The van der Waals surface area contributed by atoms with Crippen molar-refractivity contribution < 1.29 is 9.53 Å². The first kappa shape index (κ1) is 20.5. The van der Waals surface area contributed by atoms with E-state index in [2.05, 4.69) is 23.7 Å². The maximum atomic E-state index is 12.1. The molecule has 1 heterocycles. The van der Waals surface area contributed by atoms with Crippen LogP contribution < -0.4 is 10.1 Å².